The van der Waals surface area contributed by atoms with Gasteiger partial charge in [0.05, 0.1) is 0 Å². The van der Waals surface area contributed by atoms with Crippen LogP contribution in [0.4, 0.5) is 5.69 Å². The van der Waals surface area contributed by atoms with Crippen LogP contribution >= 0.6 is 11.8 Å². The minimum Gasteiger partial charge on any atom is -0.344 e. The second kappa shape index (κ2) is 12.4. The lowest BCUT2D eigenvalue weighted by atomic mass is 10.2. The summed E-state index contributed by atoms with van der Waals surface area (Å²) in [6.07, 6.45) is 0.883. The van der Waals surface area contributed by atoms with Crippen molar-refractivity contribution in [2.75, 3.05) is 37.2 Å². The first-order valence-electron chi connectivity index (χ1n) is 11.2. The second-order valence-corrected chi connectivity index (χ2v) is 9.30. The number of rotatable bonds is 8. The van der Waals surface area contributed by atoms with Crippen molar-refractivity contribution in [2.24, 2.45) is 0 Å². The quantitative estimate of drug-likeness (QED) is 0.582. The number of anilines is 1. The highest BCUT2D eigenvalue weighted by Gasteiger charge is 2.27. The molecule has 1 unspecified atom stereocenters. The first-order chi connectivity index (χ1) is 15.9. The Morgan fingerprint density at radius 1 is 0.909 bits per heavy atom. The zero-order valence-electron chi connectivity index (χ0n) is 19.3. The third kappa shape index (κ3) is 8.22. The average Bonchev–Trinajstić information content (AvgIpc) is 3.03. The highest BCUT2D eigenvalue weighted by Crippen LogP contribution is 2.19. The van der Waals surface area contributed by atoms with E-state index < -0.39 is 6.04 Å². The van der Waals surface area contributed by atoms with Crippen LogP contribution in [0, 0.1) is 0 Å². The minimum absolute atomic E-state index is 0.0184. The van der Waals surface area contributed by atoms with Crippen molar-refractivity contribution in [1.29, 1.82) is 0 Å². The summed E-state index contributed by atoms with van der Waals surface area (Å²) in [5, 5.41) is 5.62. The van der Waals surface area contributed by atoms with Crippen LogP contribution in [0.3, 0.4) is 0 Å². The van der Waals surface area contributed by atoms with Gasteiger partial charge in [-0.05, 0) is 36.2 Å². The van der Waals surface area contributed by atoms with Crippen molar-refractivity contribution >= 4 is 35.2 Å². The van der Waals surface area contributed by atoms with Gasteiger partial charge in [0.25, 0.3) is 0 Å². The Morgan fingerprint density at radius 3 is 2.30 bits per heavy atom. The standard InChI is InChI=1S/C25H32N4O3S/c1-19(30)26-22-11-9-21(10-12-22)17-28-13-6-14-29(16-15-28)25(32)24(27-20(2)31)18-33-23-7-4-3-5-8-23/h3-5,7-12,24H,6,13-18H2,1-2H3,(H,26,30)(H,27,31). The fourth-order valence-corrected chi connectivity index (χ4v) is 4.78. The summed E-state index contributed by atoms with van der Waals surface area (Å²) in [7, 11) is 0. The first-order valence-corrected chi connectivity index (χ1v) is 12.2. The number of amides is 3. The molecule has 2 aromatic carbocycles. The fraction of sp³-hybridized carbons (Fsp3) is 0.400. The zero-order chi connectivity index (χ0) is 23.6. The van der Waals surface area contributed by atoms with E-state index >= 15 is 0 Å². The molecule has 1 aliphatic heterocycles. The highest BCUT2D eigenvalue weighted by atomic mass is 32.2. The second-order valence-electron chi connectivity index (χ2n) is 8.21. The van der Waals surface area contributed by atoms with Crippen LogP contribution in [0.15, 0.2) is 59.5 Å². The molecular formula is C25H32N4O3S. The average molecular weight is 469 g/mol. The summed E-state index contributed by atoms with van der Waals surface area (Å²) in [5.74, 6) is 0.208. The molecular weight excluding hydrogens is 436 g/mol. The minimum atomic E-state index is -0.541. The van der Waals surface area contributed by atoms with Crippen molar-refractivity contribution in [3.05, 3.63) is 60.2 Å². The monoisotopic (exact) mass is 468 g/mol. The van der Waals surface area contributed by atoms with Gasteiger partial charge in [-0.25, -0.2) is 0 Å². The highest BCUT2D eigenvalue weighted by molar-refractivity contribution is 7.99. The normalized spacial score (nSPS) is 15.4. The fourth-order valence-electron chi connectivity index (χ4n) is 3.84. The lowest BCUT2D eigenvalue weighted by Gasteiger charge is -2.27. The Morgan fingerprint density at radius 2 is 1.64 bits per heavy atom. The van der Waals surface area contributed by atoms with Crippen molar-refractivity contribution in [2.45, 2.75) is 37.8 Å². The van der Waals surface area contributed by atoms with Gasteiger partial charge in [-0.15, -0.1) is 11.8 Å². The summed E-state index contributed by atoms with van der Waals surface area (Å²) in [6, 6.07) is 17.2. The number of hydrogen-bond acceptors (Lipinski definition) is 5. The lowest BCUT2D eigenvalue weighted by Crippen LogP contribution is -2.50. The molecule has 2 aromatic rings. The van der Waals surface area contributed by atoms with Gasteiger partial charge in [0.15, 0.2) is 0 Å². The summed E-state index contributed by atoms with van der Waals surface area (Å²) >= 11 is 1.58. The molecule has 3 amide bonds. The Hall–Kier alpha value is -2.84. The SMILES string of the molecule is CC(=O)Nc1ccc(CN2CCCN(C(=O)C(CSc3ccccc3)NC(C)=O)CC2)cc1. The van der Waals surface area contributed by atoms with Gasteiger partial charge in [0, 0.05) is 62.9 Å². The number of carbonyl (C=O) groups excluding carboxylic acids is 3. The number of carbonyl (C=O) groups is 3. The van der Waals surface area contributed by atoms with Crippen LogP contribution in [0.5, 0.6) is 0 Å². The Kier molecular flexibility index (Phi) is 9.33. The van der Waals surface area contributed by atoms with Crippen molar-refractivity contribution < 1.29 is 14.4 Å². The molecule has 0 spiro atoms. The smallest absolute Gasteiger partial charge is 0.246 e. The van der Waals surface area contributed by atoms with Crippen molar-refractivity contribution in [3.63, 3.8) is 0 Å². The van der Waals surface area contributed by atoms with Crippen LogP contribution in [0.1, 0.15) is 25.8 Å². The number of hydrogen-bond donors (Lipinski definition) is 2. The molecule has 0 radical (unpaired) electrons. The molecule has 8 heteroatoms. The van der Waals surface area contributed by atoms with Crippen LogP contribution in [-0.4, -0.2) is 65.5 Å². The Balaban J connectivity index is 1.55. The molecule has 0 aliphatic carbocycles. The number of benzene rings is 2. The third-order valence-electron chi connectivity index (χ3n) is 5.42. The molecule has 1 heterocycles. The van der Waals surface area contributed by atoms with Gasteiger partial charge in [-0.2, -0.15) is 0 Å². The maximum Gasteiger partial charge on any atom is 0.246 e. The molecule has 0 aromatic heterocycles. The van der Waals surface area contributed by atoms with E-state index in [4.69, 9.17) is 0 Å². The van der Waals surface area contributed by atoms with E-state index in [2.05, 4.69) is 15.5 Å². The van der Waals surface area contributed by atoms with Gasteiger partial charge >= 0.3 is 0 Å². The summed E-state index contributed by atoms with van der Waals surface area (Å²) in [5.41, 5.74) is 1.95. The van der Waals surface area contributed by atoms with E-state index in [1.54, 1.807) is 11.8 Å². The van der Waals surface area contributed by atoms with E-state index in [9.17, 15) is 14.4 Å². The zero-order valence-corrected chi connectivity index (χ0v) is 20.1. The van der Waals surface area contributed by atoms with Crippen LogP contribution in [-0.2, 0) is 20.9 Å². The molecule has 1 aliphatic rings. The third-order valence-corrected chi connectivity index (χ3v) is 6.52. The van der Waals surface area contributed by atoms with Gasteiger partial charge in [0.1, 0.15) is 6.04 Å². The predicted molar refractivity (Wildman–Crippen MR) is 132 cm³/mol. The predicted octanol–water partition coefficient (Wildman–Crippen LogP) is 2.98. The first kappa shape index (κ1) is 24.8. The Labute approximate surface area is 199 Å². The molecule has 0 bridgehead atoms. The van der Waals surface area contributed by atoms with E-state index in [-0.39, 0.29) is 17.7 Å². The van der Waals surface area contributed by atoms with Crippen LogP contribution in [0.2, 0.25) is 0 Å². The molecule has 3 rings (SSSR count). The number of nitrogens with zero attached hydrogens (tertiary/aromatic N) is 2. The van der Waals surface area contributed by atoms with Gasteiger partial charge in [0.2, 0.25) is 17.7 Å². The van der Waals surface area contributed by atoms with Crippen molar-refractivity contribution in [1.82, 2.24) is 15.1 Å². The van der Waals surface area contributed by atoms with Crippen LogP contribution < -0.4 is 10.6 Å². The molecule has 33 heavy (non-hydrogen) atoms. The largest absolute Gasteiger partial charge is 0.344 e. The summed E-state index contributed by atoms with van der Waals surface area (Å²) in [6.45, 7) is 6.74. The molecule has 0 saturated carbocycles. The maximum atomic E-state index is 13.2. The molecule has 2 N–H and O–H groups in total. The number of thioether (sulfide) groups is 1. The van der Waals surface area contributed by atoms with Gasteiger partial charge < -0.3 is 15.5 Å². The van der Waals surface area contributed by atoms with E-state index in [1.807, 2.05) is 59.5 Å². The van der Waals surface area contributed by atoms with Crippen molar-refractivity contribution in [3.8, 4) is 0 Å². The summed E-state index contributed by atoms with van der Waals surface area (Å²) < 4.78 is 0. The van der Waals surface area contributed by atoms with E-state index in [0.29, 0.717) is 18.8 Å². The lowest BCUT2D eigenvalue weighted by molar-refractivity contribution is -0.135. The maximum absolute atomic E-state index is 13.2. The summed E-state index contributed by atoms with van der Waals surface area (Å²) in [4.78, 5) is 41.5. The topological polar surface area (TPSA) is 81.8 Å². The molecule has 1 fully saturated rings. The molecule has 7 nitrogen and oxygen atoms in total. The van der Waals surface area contributed by atoms with Gasteiger partial charge in [-0.3, -0.25) is 19.3 Å². The molecule has 1 atom stereocenters. The Bertz CT molecular complexity index is 936. The van der Waals surface area contributed by atoms with E-state index in [0.717, 1.165) is 36.6 Å². The number of nitrogens with one attached hydrogen (secondary N) is 2. The van der Waals surface area contributed by atoms with Gasteiger partial charge in [-0.1, -0.05) is 30.3 Å². The van der Waals surface area contributed by atoms with Crippen LogP contribution in [0.25, 0.3) is 0 Å². The molecule has 176 valence electrons. The van der Waals surface area contributed by atoms with E-state index in [1.165, 1.54) is 19.4 Å². The molecule has 1 saturated heterocycles.